The maximum Gasteiger partial charge on any atom is 0.234 e. The molecule has 2 nitrogen and oxygen atoms in total. The second-order valence-corrected chi connectivity index (χ2v) is 2.93. The molecule has 0 aromatic carbocycles. The quantitative estimate of drug-likeness (QED) is 0.509. The van der Waals surface area contributed by atoms with Crippen LogP contribution in [0.5, 0.6) is 0 Å². The van der Waals surface area contributed by atoms with Gasteiger partial charge in [-0.3, -0.25) is 0 Å². The molecule has 0 amide bonds. The Kier molecular flexibility index (Phi) is 1.46. The monoisotopic (exact) mass is 136 g/mol. The molecule has 0 saturated heterocycles. The van der Waals surface area contributed by atoms with Gasteiger partial charge in [-0.1, -0.05) is 6.08 Å². The first-order chi connectivity index (χ1) is 4.97. The fourth-order valence-electron chi connectivity index (χ4n) is 1.60. The topological polar surface area (TPSA) is 26.1 Å². The van der Waals surface area contributed by atoms with E-state index in [-0.39, 0.29) is 0 Å². The number of allylic oxidation sites excluding steroid dienone is 1. The molecule has 10 heavy (non-hydrogen) atoms. The molecule has 0 bridgehead atoms. The molecule has 2 aliphatic heterocycles. The molecule has 1 radical (unpaired) electrons. The highest BCUT2D eigenvalue weighted by atomic mass is 14.9. The van der Waals surface area contributed by atoms with Gasteiger partial charge in [0, 0.05) is 11.4 Å². The first-order valence-corrected chi connectivity index (χ1v) is 3.88. The van der Waals surface area contributed by atoms with E-state index in [1.54, 1.807) is 0 Å². The summed E-state index contributed by atoms with van der Waals surface area (Å²) in [6.07, 6.45) is 8.78. The summed E-state index contributed by atoms with van der Waals surface area (Å²) < 4.78 is 0. The summed E-state index contributed by atoms with van der Waals surface area (Å²) in [6.45, 7) is 1.02. The Morgan fingerprint density at radius 2 is 2.50 bits per heavy atom. The van der Waals surface area contributed by atoms with Gasteiger partial charge in [0.1, 0.15) is 6.04 Å². The standard InChI is InChI=1S/C8H12N2/c1-2-7-3-5-9-6-8(7)10-4-1/h1,4,6-8,10H,2-3,5H2/q+1. The lowest BCUT2D eigenvalue weighted by atomic mass is 9.90. The number of rotatable bonds is 0. The molecule has 0 aromatic rings. The smallest absolute Gasteiger partial charge is 0.234 e. The van der Waals surface area contributed by atoms with Crippen LogP contribution in [0.2, 0.25) is 0 Å². The van der Waals surface area contributed by atoms with Crippen LogP contribution >= 0.6 is 0 Å². The highest BCUT2D eigenvalue weighted by molar-refractivity contribution is 5.65. The van der Waals surface area contributed by atoms with Crippen molar-refractivity contribution < 1.29 is 0 Å². The molecule has 0 aromatic heterocycles. The van der Waals surface area contributed by atoms with E-state index in [2.05, 4.69) is 22.6 Å². The minimum atomic E-state index is 0.527. The van der Waals surface area contributed by atoms with Gasteiger partial charge in [0.15, 0.2) is 0 Å². The lowest BCUT2D eigenvalue weighted by Crippen LogP contribution is -2.41. The average Bonchev–Trinajstić information content (AvgIpc) is 2.05. The molecule has 2 unspecified atom stereocenters. The second kappa shape index (κ2) is 2.45. The van der Waals surface area contributed by atoms with E-state index < -0.39 is 0 Å². The van der Waals surface area contributed by atoms with Crippen LogP contribution < -0.4 is 10.3 Å². The number of aliphatic imine (C=N–C) groups is 1. The SMILES string of the molecule is C1=CNC2C=[N+]CCC2C1. The van der Waals surface area contributed by atoms with Gasteiger partial charge in [0.05, 0.1) is 0 Å². The minimum absolute atomic E-state index is 0.527. The Morgan fingerprint density at radius 1 is 1.50 bits per heavy atom. The van der Waals surface area contributed by atoms with Crippen molar-refractivity contribution in [2.24, 2.45) is 5.92 Å². The normalized spacial score (nSPS) is 36.8. The molecule has 0 saturated carbocycles. The van der Waals surface area contributed by atoms with Crippen molar-refractivity contribution >= 4 is 6.21 Å². The highest BCUT2D eigenvalue weighted by Crippen LogP contribution is 2.17. The van der Waals surface area contributed by atoms with E-state index in [1.165, 1.54) is 12.8 Å². The van der Waals surface area contributed by atoms with Crippen LogP contribution in [0.3, 0.4) is 0 Å². The van der Waals surface area contributed by atoms with Crippen LogP contribution in [0.1, 0.15) is 12.8 Å². The van der Waals surface area contributed by atoms with Crippen molar-refractivity contribution in [3.8, 4) is 0 Å². The van der Waals surface area contributed by atoms with Crippen LogP contribution in [0, 0.1) is 5.92 Å². The predicted octanol–water partition coefficient (Wildman–Crippen LogP) is 0.288. The molecule has 2 rings (SSSR count). The van der Waals surface area contributed by atoms with Gasteiger partial charge in [0.25, 0.3) is 0 Å². The first kappa shape index (κ1) is 5.96. The maximum atomic E-state index is 4.24. The van der Waals surface area contributed by atoms with Crippen molar-refractivity contribution in [2.45, 2.75) is 18.9 Å². The number of fused-ring (bicyclic) bond motifs is 1. The molecule has 1 N–H and O–H groups in total. The van der Waals surface area contributed by atoms with Gasteiger partial charge in [0.2, 0.25) is 12.8 Å². The van der Waals surface area contributed by atoms with Crippen molar-refractivity contribution in [3.63, 3.8) is 0 Å². The second-order valence-electron chi connectivity index (χ2n) is 2.93. The summed E-state index contributed by atoms with van der Waals surface area (Å²) >= 11 is 0. The summed E-state index contributed by atoms with van der Waals surface area (Å²) in [5.74, 6) is 0.808. The van der Waals surface area contributed by atoms with Crippen molar-refractivity contribution in [1.29, 1.82) is 0 Å². The van der Waals surface area contributed by atoms with Crippen LogP contribution in [0.15, 0.2) is 12.3 Å². The summed E-state index contributed by atoms with van der Waals surface area (Å²) in [6, 6.07) is 0.527. The fourth-order valence-corrected chi connectivity index (χ4v) is 1.60. The molecular formula is C8H12N2+. The number of hydrogen-bond acceptors (Lipinski definition) is 2. The average molecular weight is 136 g/mol. The number of hydrogen-bond donors (Lipinski definition) is 1. The van der Waals surface area contributed by atoms with Gasteiger partial charge < -0.3 is 5.32 Å². The Hall–Kier alpha value is -0.790. The van der Waals surface area contributed by atoms with Gasteiger partial charge in [-0.2, -0.15) is 0 Å². The molecule has 2 aliphatic rings. The largest absolute Gasteiger partial charge is 0.379 e. The summed E-state index contributed by atoms with van der Waals surface area (Å²) in [4.78, 5) is 4.24. The van der Waals surface area contributed by atoms with Crippen LogP contribution in [0.4, 0.5) is 0 Å². The van der Waals surface area contributed by atoms with E-state index in [0.29, 0.717) is 6.04 Å². The third kappa shape index (κ3) is 0.939. The number of nitrogens with zero attached hydrogens (tertiary/aromatic N) is 1. The highest BCUT2D eigenvalue weighted by Gasteiger charge is 2.27. The van der Waals surface area contributed by atoms with Crippen molar-refractivity contribution in [1.82, 2.24) is 10.3 Å². The van der Waals surface area contributed by atoms with Gasteiger partial charge in [-0.15, -0.1) is 0 Å². The zero-order valence-corrected chi connectivity index (χ0v) is 5.96. The van der Waals surface area contributed by atoms with Crippen LogP contribution in [-0.2, 0) is 0 Å². The Balaban J connectivity index is 2.12. The molecule has 2 atom stereocenters. The third-order valence-corrected chi connectivity index (χ3v) is 2.25. The lowest BCUT2D eigenvalue weighted by molar-refractivity contribution is 0.400. The number of nitrogens with one attached hydrogen (secondary N) is 1. The lowest BCUT2D eigenvalue weighted by Gasteiger charge is -2.24. The predicted molar refractivity (Wildman–Crippen MR) is 41.9 cm³/mol. The van der Waals surface area contributed by atoms with Gasteiger partial charge >= 0.3 is 0 Å². The first-order valence-electron chi connectivity index (χ1n) is 3.88. The Bertz CT molecular complexity index is 172. The van der Waals surface area contributed by atoms with E-state index in [0.717, 1.165) is 12.5 Å². The van der Waals surface area contributed by atoms with Crippen molar-refractivity contribution in [2.75, 3.05) is 6.54 Å². The zero-order chi connectivity index (χ0) is 6.81. The van der Waals surface area contributed by atoms with Crippen LogP contribution in [-0.4, -0.2) is 18.8 Å². The molecule has 0 spiro atoms. The summed E-state index contributed by atoms with van der Waals surface area (Å²) in [5.41, 5.74) is 0. The maximum absolute atomic E-state index is 4.24. The molecule has 2 heterocycles. The Labute approximate surface area is 61.0 Å². The molecule has 53 valence electrons. The molecule has 0 aliphatic carbocycles. The molecule has 0 fully saturated rings. The van der Waals surface area contributed by atoms with E-state index in [9.17, 15) is 0 Å². The van der Waals surface area contributed by atoms with E-state index in [4.69, 9.17) is 0 Å². The third-order valence-electron chi connectivity index (χ3n) is 2.25. The van der Waals surface area contributed by atoms with E-state index in [1.807, 2.05) is 6.20 Å². The molecule has 2 heteroatoms. The fraction of sp³-hybridized carbons (Fsp3) is 0.625. The van der Waals surface area contributed by atoms with Crippen LogP contribution in [0.25, 0.3) is 0 Å². The van der Waals surface area contributed by atoms with Gasteiger partial charge in [-0.25, -0.2) is 0 Å². The minimum Gasteiger partial charge on any atom is -0.379 e. The summed E-state index contributed by atoms with van der Waals surface area (Å²) in [7, 11) is 0. The van der Waals surface area contributed by atoms with E-state index >= 15 is 0 Å². The summed E-state index contributed by atoms with van der Waals surface area (Å²) in [5, 5.41) is 3.29. The van der Waals surface area contributed by atoms with Gasteiger partial charge in [-0.05, 0) is 18.5 Å². The molecular weight excluding hydrogens is 124 g/mol. The zero-order valence-electron chi connectivity index (χ0n) is 5.96. The van der Waals surface area contributed by atoms with Crippen molar-refractivity contribution in [3.05, 3.63) is 12.3 Å². The Morgan fingerprint density at radius 3 is 3.40 bits per heavy atom.